The first-order valence-electron chi connectivity index (χ1n) is 13.3. The zero-order chi connectivity index (χ0) is 25.2. The highest BCUT2D eigenvalue weighted by molar-refractivity contribution is 5.72. The first kappa shape index (κ1) is 26.3. The molecule has 2 aliphatic rings. The van der Waals surface area contributed by atoms with Crippen LogP contribution in [0.25, 0.3) is 0 Å². The van der Waals surface area contributed by atoms with Crippen molar-refractivity contribution in [2.45, 2.75) is 51.3 Å². The van der Waals surface area contributed by atoms with E-state index in [1.165, 1.54) is 5.56 Å². The number of aliphatic hydroxyl groups is 1. The summed E-state index contributed by atoms with van der Waals surface area (Å²) in [4.78, 5) is 25.5. The number of ether oxygens (including phenoxy) is 1. The smallest absolute Gasteiger partial charge is 0.309 e. The molecule has 0 spiro atoms. The Labute approximate surface area is 214 Å². The van der Waals surface area contributed by atoms with E-state index in [1.807, 2.05) is 37.4 Å². The molecule has 36 heavy (non-hydrogen) atoms. The van der Waals surface area contributed by atoms with Gasteiger partial charge in [0.1, 0.15) is 5.82 Å². The van der Waals surface area contributed by atoms with Crippen LogP contribution in [0.15, 0.2) is 42.6 Å². The van der Waals surface area contributed by atoms with Crippen molar-refractivity contribution in [3.63, 3.8) is 0 Å². The topological polar surface area (TPSA) is 103 Å². The van der Waals surface area contributed by atoms with Gasteiger partial charge in [-0.1, -0.05) is 30.3 Å². The lowest BCUT2D eigenvalue weighted by Crippen LogP contribution is -2.47. The number of nitrogens with one attached hydrogen (secondary N) is 2. The molecule has 0 bridgehead atoms. The van der Waals surface area contributed by atoms with Gasteiger partial charge in [-0.25, -0.2) is 4.98 Å². The summed E-state index contributed by atoms with van der Waals surface area (Å²) < 4.78 is 5.14. The lowest BCUT2D eigenvalue weighted by Gasteiger charge is -2.35. The third-order valence-electron chi connectivity index (χ3n) is 7.07. The third kappa shape index (κ3) is 7.88. The van der Waals surface area contributed by atoms with E-state index in [0.717, 1.165) is 57.7 Å². The number of esters is 1. The number of aromatic nitrogens is 2. The molecule has 3 N–H and O–H groups in total. The van der Waals surface area contributed by atoms with Gasteiger partial charge in [-0.05, 0) is 57.3 Å². The van der Waals surface area contributed by atoms with Crippen molar-refractivity contribution in [3.05, 3.63) is 48.2 Å². The van der Waals surface area contributed by atoms with Crippen LogP contribution in [0.4, 0.5) is 11.8 Å². The summed E-state index contributed by atoms with van der Waals surface area (Å²) in [5, 5.41) is 17.4. The van der Waals surface area contributed by atoms with Gasteiger partial charge < -0.3 is 30.3 Å². The zero-order valence-electron chi connectivity index (χ0n) is 21.3. The molecule has 1 aromatic heterocycles. The van der Waals surface area contributed by atoms with Crippen LogP contribution < -0.4 is 15.5 Å². The van der Waals surface area contributed by atoms with E-state index < -0.39 is 6.10 Å². The Bertz CT molecular complexity index is 930. The number of β-amino-alcohol motifs (C(OH)–C–C–N with tert-alkyl or cyclic N) is 1. The van der Waals surface area contributed by atoms with Crippen LogP contribution in [0.3, 0.4) is 0 Å². The van der Waals surface area contributed by atoms with E-state index in [-0.39, 0.29) is 11.9 Å². The Morgan fingerprint density at radius 1 is 1.11 bits per heavy atom. The maximum atomic E-state index is 11.9. The molecule has 0 amide bonds. The third-order valence-corrected chi connectivity index (χ3v) is 7.07. The van der Waals surface area contributed by atoms with Crippen LogP contribution in [0.1, 0.15) is 38.2 Å². The summed E-state index contributed by atoms with van der Waals surface area (Å²) in [5.41, 5.74) is 1.20. The molecule has 196 valence electrons. The molecule has 1 atom stereocenters. The Hall–Kier alpha value is -2.75. The van der Waals surface area contributed by atoms with Gasteiger partial charge in [0, 0.05) is 45.0 Å². The average Bonchev–Trinajstić information content (AvgIpc) is 2.92. The van der Waals surface area contributed by atoms with E-state index in [0.29, 0.717) is 38.2 Å². The number of hydrogen-bond donors (Lipinski definition) is 3. The number of nitrogens with zero attached hydrogens (tertiary/aromatic N) is 4. The first-order valence-corrected chi connectivity index (χ1v) is 13.3. The van der Waals surface area contributed by atoms with Crippen molar-refractivity contribution in [3.8, 4) is 0 Å². The van der Waals surface area contributed by atoms with Crippen LogP contribution in [0.2, 0.25) is 0 Å². The number of carbonyl (C=O) groups is 1. The number of likely N-dealkylation sites (tertiary alicyclic amines) is 1. The first-order chi connectivity index (χ1) is 17.6. The monoisotopic (exact) mass is 496 g/mol. The van der Waals surface area contributed by atoms with Crippen LogP contribution in [0.5, 0.6) is 0 Å². The highest BCUT2D eigenvalue weighted by Crippen LogP contribution is 2.20. The van der Waals surface area contributed by atoms with E-state index in [1.54, 1.807) is 0 Å². The van der Waals surface area contributed by atoms with Gasteiger partial charge in [0.2, 0.25) is 5.95 Å². The van der Waals surface area contributed by atoms with E-state index in [9.17, 15) is 9.90 Å². The average molecular weight is 497 g/mol. The molecule has 3 heterocycles. The van der Waals surface area contributed by atoms with E-state index in [4.69, 9.17) is 9.72 Å². The number of rotatable bonds is 11. The Morgan fingerprint density at radius 3 is 2.58 bits per heavy atom. The number of aliphatic hydroxyl groups excluding tert-OH is 1. The molecule has 4 rings (SSSR count). The quantitative estimate of drug-likeness (QED) is 0.404. The number of piperidine rings is 2. The Morgan fingerprint density at radius 2 is 1.86 bits per heavy atom. The van der Waals surface area contributed by atoms with Gasteiger partial charge in [-0.3, -0.25) is 4.79 Å². The number of carbonyl (C=O) groups excluding carboxylic acids is 1. The van der Waals surface area contributed by atoms with Gasteiger partial charge in [0.15, 0.2) is 0 Å². The molecule has 1 unspecified atom stereocenters. The molecular formula is C27H40N6O3. The molecule has 0 saturated carbocycles. The number of anilines is 2. The van der Waals surface area contributed by atoms with Crippen molar-refractivity contribution < 1.29 is 14.6 Å². The summed E-state index contributed by atoms with van der Waals surface area (Å²) >= 11 is 0. The maximum absolute atomic E-state index is 11.9. The maximum Gasteiger partial charge on any atom is 0.309 e. The van der Waals surface area contributed by atoms with E-state index in [2.05, 4.69) is 37.6 Å². The predicted molar refractivity (Wildman–Crippen MR) is 141 cm³/mol. The van der Waals surface area contributed by atoms with Gasteiger partial charge >= 0.3 is 5.97 Å². The van der Waals surface area contributed by atoms with Crippen LogP contribution in [-0.4, -0.2) is 84.0 Å². The standard InChI is InChI=1S/C27H40N6O3/c1-2-36-26(35)22-9-14-32(15-10-22)20-24(34)19-29-23-11-16-33(17-12-23)25-8-13-28-27(31-25)30-18-21-6-4-3-5-7-21/h3-8,13,22-24,29,34H,2,9-12,14-20H2,1H3,(H,28,30,31). The molecule has 2 fully saturated rings. The van der Waals surface area contributed by atoms with Crippen molar-refractivity contribution in [2.24, 2.45) is 5.92 Å². The second-order valence-electron chi connectivity index (χ2n) is 9.73. The molecule has 2 saturated heterocycles. The highest BCUT2D eigenvalue weighted by atomic mass is 16.5. The number of benzene rings is 1. The van der Waals surface area contributed by atoms with Crippen molar-refractivity contribution >= 4 is 17.7 Å². The van der Waals surface area contributed by atoms with Crippen LogP contribution in [-0.2, 0) is 16.1 Å². The highest BCUT2D eigenvalue weighted by Gasteiger charge is 2.27. The van der Waals surface area contributed by atoms with Crippen molar-refractivity contribution in [1.29, 1.82) is 0 Å². The van der Waals surface area contributed by atoms with Crippen molar-refractivity contribution in [1.82, 2.24) is 20.2 Å². The molecular weight excluding hydrogens is 456 g/mol. The van der Waals surface area contributed by atoms with Crippen LogP contribution >= 0.6 is 0 Å². The minimum atomic E-state index is -0.415. The number of hydrogen-bond acceptors (Lipinski definition) is 9. The largest absolute Gasteiger partial charge is 0.466 e. The molecule has 0 aliphatic carbocycles. The molecule has 9 nitrogen and oxygen atoms in total. The molecule has 0 radical (unpaired) electrons. The van der Waals surface area contributed by atoms with Gasteiger partial charge in [-0.15, -0.1) is 0 Å². The lowest BCUT2D eigenvalue weighted by atomic mass is 9.97. The van der Waals surface area contributed by atoms with Crippen molar-refractivity contribution in [2.75, 3.05) is 56.1 Å². The van der Waals surface area contributed by atoms with Gasteiger partial charge in [0.25, 0.3) is 0 Å². The normalized spacial score (nSPS) is 18.7. The fourth-order valence-electron chi connectivity index (χ4n) is 4.98. The Balaban J connectivity index is 1.14. The fourth-order valence-corrected chi connectivity index (χ4v) is 4.98. The van der Waals surface area contributed by atoms with E-state index >= 15 is 0 Å². The van der Waals surface area contributed by atoms with Crippen LogP contribution in [0, 0.1) is 5.92 Å². The summed E-state index contributed by atoms with van der Waals surface area (Å²) in [6, 6.07) is 12.6. The summed E-state index contributed by atoms with van der Waals surface area (Å²) in [7, 11) is 0. The minimum absolute atomic E-state index is 0.00672. The molecule has 2 aliphatic heterocycles. The summed E-state index contributed by atoms with van der Waals surface area (Å²) in [5.74, 6) is 1.52. The summed E-state index contributed by atoms with van der Waals surface area (Å²) in [6.45, 7) is 7.72. The summed E-state index contributed by atoms with van der Waals surface area (Å²) in [6.07, 6.45) is 5.03. The molecule has 1 aromatic carbocycles. The second-order valence-corrected chi connectivity index (χ2v) is 9.73. The van der Waals surface area contributed by atoms with Gasteiger partial charge in [-0.2, -0.15) is 4.98 Å². The van der Waals surface area contributed by atoms with Gasteiger partial charge in [0.05, 0.1) is 18.6 Å². The second kappa shape index (κ2) is 13.5. The SMILES string of the molecule is CCOC(=O)C1CCN(CC(O)CNC2CCN(c3ccnc(NCc4ccccc4)n3)CC2)CC1. The zero-order valence-corrected chi connectivity index (χ0v) is 21.3. The molecule has 2 aromatic rings. The molecule has 9 heteroatoms. The minimum Gasteiger partial charge on any atom is -0.466 e. The Kier molecular flexibility index (Phi) is 9.89. The fraction of sp³-hybridized carbons (Fsp3) is 0.593. The lowest BCUT2D eigenvalue weighted by molar-refractivity contribution is -0.149. The predicted octanol–water partition coefficient (Wildman–Crippen LogP) is 2.28.